The quantitative estimate of drug-likeness (QED) is 0.934. The molecule has 0 atom stereocenters. The van der Waals surface area contributed by atoms with Crippen molar-refractivity contribution in [1.29, 1.82) is 0 Å². The highest BCUT2D eigenvalue weighted by atomic mass is 19.4. The van der Waals surface area contributed by atoms with Gasteiger partial charge in [-0.3, -0.25) is 4.79 Å². The normalized spacial score (nSPS) is 14.9. The van der Waals surface area contributed by atoms with Crippen LogP contribution in [0.15, 0.2) is 36.4 Å². The summed E-state index contributed by atoms with van der Waals surface area (Å²) in [5, 5.41) is 0. The summed E-state index contributed by atoms with van der Waals surface area (Å²) < 4.78 is 38.0. The number of nitrogens with two attached hydrogens (primary N) is 1. The predicted octanol–water partition coefficient (Wildman–Crippen LogP) is 3.47. The number of carbonyl (C=O) groups is 1. The lowest BCUT2D eigenvalue weighted by molar-refractivity contribution is -0.137. The maximum Gasteiger partial charge on any atom is 0.416 e. The van der Waals surface area contributed by atoms with Crippen molar-refractivity contribution in [2.75, 3.05) is 18.0 Å². The van der Waals surface area contributed by atoms with Gasteiger partial charge in [0.15, 0.2) is 0 Å². The van der Waals surface area contributed by atoms with Crippen LogP contribution < -0.4 is 10.6 Å². The van der Waals surface area contributed by atoms with Gasteiger partial charge in [0.05, 0.1) is 11.3 Å². The Balaban J connectivity index is 2.01. The van der Waals surface area contributed by atoms with E-state index in [0.717, 1.165) is 38.1 Å². The molecule has 0 saturated carbocycles. The summed E-state index contributed by atoms with van der Waals surface area (Å²) in [5.41, 5.74) is 5.88. The van der Waals surface area contributed by atoms with E-state index < -0.39 is 17.6 Å². The van der Waals surface area contributed by atoms with Crippen molar-refractivity contribution in [3.8, 4) is 11.3 Å². The van der Waals surface area contributed by atoms with Gasteiger partial charge in [-0.25, -0.2) is 4.98 Å². The molecule has 1 amide bonds. The first kappa shape index (κ1) is 16.3. The van der Waals surface area contributed by atoms with Crippen molar-refractivity contribution >= 4 is 11.7 Å². The largest absolute Gasteiger partial charge is 0.416 e. The Kier molecular flexibility index (Phi) is 4.17. The number of hydrogen-bond acceptors (Lipinski definition) is 3. The first-order valence-electron chi connectivity index (χ1n) is 7.59. The highest BCUT2D eigenvalue weighted by Crippen LogP contribution is 2.31. The third-order valence-electron chi connectivity index (χ3n) is 4.03. The molecule has 1 aliphatic heterocycles. The van der Waals surface area contributed by atoms with E-state index in [-0.39, 0.29) is 0 Å². The third-order valence-corrected chi connectivity index (χ3v) is 4.03. The van der Waals surface area contributed by atoms with Crippen molar-refractivity contribution < 1.29 is 18.0 Å². The van der Waals surface area contributed by atoms with Gasteiger partial charge in [-0.2, -0.15) is 13.2 Å². The third kappa shape index (κ3) is 3.34. The zero-order valence-corrected chi connectivity index (χ0v) is 12.8. The van der Waals surface area contributed by atoms with Gasteiger partial charge < -0.3 is 10.6 Å². The number of carbonyl (C=O) groups excluding carboxylic acids is 1. The molecule has 3 rings (SSSR count). The van der Waals surface area contributed by atoms with Crippen molar-refractivity contribution in [3.63, 3.8) is 0 Å². The van der Waals surface area contributed by atoms with Crippen LogP contribution in [-0.2, 0) is 6.18 Å². The van der Waals surface area contributed by atoms with E-state index >= 15 is 0 Å². The summed E-state index contributed by atoms with van der Waals surface area (Å²) >= 11 is 0. The fraction of sp³-hybridized carbons (Fsp3) is 0.294. The van der Waals surface area contributed by atoms with Crippen LogP contribution in [0.25, 0.3) is 11.3 Å². The molecule has 1 saturated heterocycles. The van der Waals surface area contributed by atoms with Crippen LogP contribution in [0.2, 0.25) is 0 Å². The second-order valence-electron chi connectivity index (χ2n) is 5.73. The average Bonchev–Trinajstić information content (AvgIpc) is 3.08. The SMILES string of the molecule is NC(=O)c1cc(-c2ccc(C(F)(F)F)cc2)nc(N2CCCC2)c1. The van der Waals surface area contributed by atoms with Gasteiger partial charge in [-0.1, -0.05) is 12.1 Å². The first-order chi connectivity index (χ1) is 11.3. The van der Waals surface area contributed by atoms with Gasteiger partial charge >= 0.3 is 6.18 Å². The summed E-state index contributed by atoms with van der Waals surface area (Å²) in [6.45, 7) is 1.67. The van der Waals surface area contributed by atoms with Crippen molar-refractivity contribution in [3.05, 3.63) is 47.5 Å². The molecule has 1 aliphatic rings. The van der Waals surface area contributed by atoms with Crippen LogP contribution in [0.1, 0.15) is 28.8 Å². The smallest absolute Gasteiger partial charge is 0.366 e. The molecule has 0 spiro atoms. The van der Waals surface area contributed by atoms with Gasteiger partial charge in [0.2, 0.25) is 5.91 Å². The second-order valence-corrected chi connectivity index (χ2v) is 5.73. The lowest BCUT2D eigenvalue weighted by Crippen LogP contribution is -2.21. The predicted molar refractivity (Wildman–Crippen MR) is 84.6 cm³/mol. The van der Waals surface area contributed by atoms with Crippen LogP contribution in [0.5, 0.6) is 0 Å². The number of amides is 1. The number of nitrogens with zero attached hydrogens (tertiary/aromatic N) is 2. The maximum absolute atomic E-state index is 12.7. The lowest BCUT2D eigenvalue weighted by Gasteiger charge is -2.18. The minimum Gasteiger partial charge on any atom is -0.366 e. The molecular weight excluding hydrogens is 319 g/mol. The molecule has 2 aromatic rings. The molecule has 0 unspecified atom stereocenters. The minimum absolute atomic E-state index is 0.293. The molecule has 126 valence electrons. The Bertz CT molecular complexity index is 751. The van der Waals surface area contributed by atoms with Crippen molar-refractivity contribution in [2.24, 2.45) is 5.73 Å². The molecule has 24 heavy (non-hydrogen) atoms. The van der Waals surface area contributed by atoms with Crippen molar-refractivity contribution in [2.45, 2.75) is 19.0 Å². The van der Waals surface area contributed by atoms with Gasteiger partial charge in [-0.05, 0) is 37.1 Å². The molecule has 0 radical (unpaired) electrons. The Hall–Kier alpha value is -2.57. The summed E-state index contributed by atoms with van der Waals surface area (Å²) in [5.74, 6) is 0.0321. The molecule has 7 heteroatoms. The summed E-state index contributed by atoms with van der Waals surface area (Å²) in [7, 11) is 0. The molecular formula is C17H16F3N3O. The minimum atomic E-state index is -4.39. The fourth-order valence-corrected chi connectivity index (χ4v) is 2.74. The summed E-state index contributed by atoms with van der Waals surface area (Å²) in [4.78, 5) is 18.1. The number of rotatable bonds is 3. The number of primary amides is 1. The number of pyridine rings is 1. The molecule has 1 fully saturated rings. The molecule has 0 aliphatic carbocycles. The van der Waals surface area contributed by atoms with Gasteiger partial charge in [0.25, 0.3) is 0 Å². The van der Waals surface area contributed by atoms with E-state index in [0.29, 0.717) is 22.6 Å². The van der Waals surface area contributed by atoms with Crippen molar-refractivity contribution in [1.82, 2.24) is 4.98 Å². The Morgan fingerprint density at radius 3 is 2.25 bits per heavy atom. The number of benzene rings is 1. The highest BCUT2D eigenvalue weighted by Gasteiger charge is 2.30. The first-order valence-corrected chi connectivity index (χ1v) is 7.59. The molecule has 0 bridgehead atoms. The van der Waals surface area contributed by atoms with E-state index in [9.17, 15) is 18.0 Å². The average molecular weight is 335 g/mol. The number of alkyl halides is 3. The fourth-order valence-electron chi connectivity index (χ4n) is 2.74. The van der Waals surface area contributed by atoms with E-state index in [1.807, 2.05) is 4.90 Å². The molecule has 1 aromatic heterocycles. The van der Waals surface area contributed by atoms with E-state index in [1.165, 1.54) is 18.2 Å². The Morgan fingerprint density at radius 1 is 1.08 bits per heavy atom. The summed E-state index contributed by atoms with van der Waals surface area (Å²) in [6, 6.07) is 7.84. The van der Waals surface area contributed by atoms with E-state index in [1.54, 1.807) is 6.07 Å². The molecule has 4 nitrogen and oxygen atoms in total. The van der Waals surface area contributed by atoms with Crippen LogP contribution in [-0.4, -0.2) is 24.0 Å². The second kappa shape index (κ2) is 6.14. The topological polar surface area (TPSA) is 59.2 Å². The lowest BCUT2D eigenvalue weighted by atomic mass is 10.1. The highest BCUT2D eigenvalue weighted by molar-refractivity contribution is 5.94. The van der Waals surface area contributed by atoms with Crippen LogP contribution in [0, 0.1) is 0 Å². The zero-order chi connectivity index (χ0) is 17.3. The van der Waals surface area contributed by atoms with Crippen LogP contribution in [0.3, 0.4) is 0 Å². The van der Waals surface area contributed by atoms with Gasteiger partial charge in [0, 0.05) is 24.2 Å². The molecule has 2 heterocycles. The summed E-state index contributed by atoms with van der Waals surface area (Å²) in [6.07, 6.45) is -2.31. The Morgan fingerprint density at radius 2 is 1.71 bits per heavy atom. The number of aromatic nitrogens is 1. The number of hydrogen-bond donors (Lipinski definition) is 1. The van der Waals surface area contributed by atoms with Gasteiger partial charge in [-0.15, -0.1) is 0 Å². The van der Waals surface area contributed by atoms with Crippen LogP contribution in [0.4, 0.5) is 19.0 Å². The monoisotopic (exact) mass is 335 g/mol. The zero-order valence-electron chi connectivity index (χ0n) is 12.8. The molecule has 1 aromatic carbocycles. The number of anilines is 1. The number of halogens is 3. The standard InChI is InChI=1S/C17H16F3N3O/c18-17(19,20)13-5-3-11(4-6-13)14-9-12(16(21)24)10-15(22-14)23-7-1-2-8-23/h3-6,9-10H,1-2,7-8H2,(H2,21,24). The Labute approximate surface area is 137 Å². The van der Waals surface area contributed by atoms with Gasteiger partial charge in [0.1, 0.15) is 5.82 Å². The maximum atomic E-state index is 12.7. The molecule has 2 N–H and O–H groups in total. The van der Waals surface area contributed by atoms with E-state index in [2.05, 4.69) is 4.98 Å². The van der Waals surface area contributed by atoms with E-state index in [4.69, 9.17) is 5.73 Å². The van der Waals surface area contributed by atoms with Crippen LogP contribution >= 0.6 is 0 Å².